The zero-order valence-electron chi connectivity index (χ0n) is 12.6. The van der Waals surface area contributed by atoms with Gasteiger partial charge in [0.25, 0.3) is 0 Å². The highest BCUT2D eigenvalue weighted by molar-refractivity contribution is 7.89. The van der Waals surface area contributed by atoms with Gasteiger partial charge in [0.2, 0.25) is 15.9 Å². The summed E-state index contributed by atoms with van der Waals surface area (Å²) in [6, 6.07) is 4.02. The zero-order chi connectivity index (χ0) is 17.2. The van der Waals surface area contributed by atoms with Gasteiger partial charge in [-0.25, -0.2) is 27.2 Å². The van der Waals surface area contributed by atoms with Gasteiger partial charge in [-0.05, 0) is 31.0 Å². The fourth-order valence-corrected chi connectivity index (χ4v) is 4.07. The molecule has 0 spiro atoms. The quantitative estimate of drug-likeness (QED) is 0.839. The van der Waals surface area contributed by atoms with Crippen molar-refractivity contribution in [2.24, 2.45) is 0 Å². The molecule has 1 aliphatic rings. The van der Waals surface area contributed by atoms with E-state index in [2.05, 4.69) is 9.97 Å². The van der Waals surface area contributed by atoms with Gasteiger partial charge in [-0.3, -0.25) is 0 Å². The van der Waals surface area contributed by atoms with Gasteiger partial charge in [0.15, 0.2) is 0 Å². The molecule has 1 saturated heterocycles. The van der Waals surface area contributed by atoms with Crippen LogP contribution >= 0.6 is 0 Å². The van der Waals surface area contributed by atoms with Gasteiger partial charge in [-0.2, -0.15) is 4.31 Å². The summed E-state index contributed by atoms with van der Waals surface area (Å²) in [7, 11) is -4.07. The minimum atomic E-state index is -4.07. The minimum absolute atomic E-state index is 0.161. The van der Waals surface area contributed by atoms with E-state index in [4.69, 9.17) is 4.74 Å². The van der Waals surface area contributed by atoms with E-state index in [9.17, 15) is 17.2 Å². The van der Waals surface area contributed by atoms with Crippen LogP contribution in [0.15, 0.2) is 41.7 Å². The number of hydrogen-bond acceptors (Lipinski definition) is 5. The Hall–Kier alpha value is -2.13. The summed E-state index contributed by atoms with van der Waals surface area (Å²) in [4.78, 5) is 7.10. The Balaban J connectivity index is 1.68. The topological polar surface area (TPSA) is 72.4 Å². The van der Waals surface area contributed by atoms with Crippen molar-refractivity contribution in [1.29, 1.82) is 0 Å². The molecule has 2 aromatic rings. The second-order valence-electron chi connectivity index (χ2n) is 5.34. The van der Waals surface area contributed by atoms with Crippen molar-refractivity contribution in [3.05, 3.63) is 48.4 Å². The lowest BCUT2D eigenvalue weighted by Crippen LogP contribution is -2.42. The van der Waals surface area contributed by atoms with Crippen molar-refractivity contribution >= 4 is 10.0 Å². The van der Waals surface area contributed by atoms with Crippen molar-refractivity contribution in [3.63, 3.8) is 0 Å². The molecule has 0 bridgehead atoms. The average Bonchev–Trinajstić information content (AvgIpc) is 2.58. The number of hydrogen-bond donors (Lipinski definition) is 0. The van der Waals surface area contributed by atoms with Gasteiger partial charge < -0.3 is 4.74 Å². The van der Waals surface area contributed by atoms with Crippen LogP contribution in [0, 0.1) is 11.6 Å². The fourth-order valence-electron chi connectivity index (χ4n) is 2.52. The highest BCUT2D eigenvalue weighted by Crippen LogP contribution is 2.25. The number of halogens is 2. The molecule has 0 unspecified atom stereocenters. The molecule has 9 heteroatoms. The first-order valence-electron chi connectivity index (χ1n) is 7.35. The molecule has 0 N–H and O–H groups in total. The molecule has 1 aromatic heterocycles. The molecule has 0 aliphatic carbocycles. The van der Waals surface area contributed by atoms with Gasteiger partial charge in [-0.1, -0.05) is 0 Å². The number of sulfonamides is 1. The first-order chi connectivity index (χ1) is 11.5. The van der Waals surface area contributed by atoms with Crippen molar-refractivity contribution in [2.45, 2.75) is 23.8 Å². The highest BCUT2D eigenvalue weighted by Gasteiger charge is 2.32. The third-order valence-electron chi connectivity index (χ3n) is 3.75. The van der Waals surface area contributed by atoms with Crippen LogP contribution in [-0.2, 0) is 10.0 Å². The molecule has 0 amide bonds. The molecule has 0 radical (unpaired) electrons. The van der Waals surface area contributed by atoms with E-state index < -0.39 is 26.6 Å². The third-order valence-corrected chi connectivity index (χ3v) is 5.67. The minimum Gasteiger partial charge on any atom is -0.474 e. The molecule has 2 heterocycles. The smallest absolute Gasteiger partial charge is 0.246 e. The van der Waals surface area contributed by atoms with Gasteiger partial charge in [0, 0.05) is 25.4 Å². The van der Waals surface area contributed by atoms with E-state index in [1.165, 1.54) is 6.33 Å². The van der Waals surface area contributed by atoms with E-state index >= 15 is 0 Å². The van der Waals surface area contributed by atoms with Crippen molar-refractivity contribution in [1.82, 2.24) is 14.3 Å². The molecular formula is C15H15F2N3O3S. The van der Waals surface area contributed by atoms with Crippen LogP contribution in [0.25, 0.3) is 0 Å². The molecular weight excluding hydrogens is 340 g/mol. The number of rotatable bonds is 4. The first-order valence-corrected chi connectivity index (χ1v) is 8.79. The summed E-state index contributed by atoms with van der Waals surface area (Å²) in [5.74, 6) is -1.34. The lowest BCUT2D eigenvalue weighted by atomic mass is 10.1. The zero-order valence-corrected chi connectivity index (χ0v) is 13.4. The highest BCUT2D eigenvalue weighted by atomic mass is 32.2. The molecule has 0 saturated carbocycles. The number of nitrogens with zero attached hydrogens (tertiary/aromatic N) is 3. The van der Waals surface area contributed by atoms with Crippen LogP contribution in [0.4, 0.5) is 8.78 Å². The standard InChI is InChI=1S/C15H15F2N3O3S/c16-11-1-2-13(17)14(9-11)24(21,22)20-7-4-12(5-8-20)23-15-3-6-18-10-19-15/h1-3,6,9-10,12H,4-5,7-8H2. The maximum absolute atomic E-state index is 13.8. The van der Waals surface area contributed by atoms with Gasteiger partial charge in [-0.15, -0.1) is 0 Å². The predicted octanol–water partition coefficient (Wildman–Crippen LogP) is 1.99. The van der Waals surface area contributed by atoms with Crippen molar-refractivity contribution < 1.29 is 21.9 Å². The number of piperidine rings is 1. The largest absolute Gasteiger partial charge is 0.474 e. The number of ether oxygens (including phenoxy) is 1. The van der Waals surface area contributed by atoms with Crippen molar-refractivity contribution in [3.8, 4) is 5.88 Å². The van der Waals surface area contributed by atoms with E-state index in [1.807, 2.05) is 0 Å². The normalized spacial score (nSPS) is 16.9. The van der Waals surface area contributed by atoms with Crippen LogP contribution in [0.5, 0.6) is 5.88 Å². The summed E-state index contributed by atoms with van der Waals surface area (Å²) in [5, 5.41) is 0. The number of benzene rings is 1. The first kappa shape index (κ1) is 16.7. The lowest BCUT2D eigenvalue weighted by molar-refractivity contribution is 0.129. The summed E-state index contributed by atoms with van der Waals surface area (Å²) >= 11 is 0. The molecule has 24 heavy (non-hydrogen) atoms. The molecule has 1 aromatic carbocycles. The van der Waals surface area contributed by atoms with Crippen molar-refractivity contribution in [2.75, 3.05) is 13.1 Å². The van der Waals surface area contributed by atoms with E-state index in [0.717, 1.165) is 16.4 Å². The Morgan fingerprint density at radius 1 is 1.17 bits per heavy atom. The predicted molar refractivity (Wildman–Crippen MR) is 80.8 cm³/mol. The summed E-state index contributed by atoms with van der Waals surface area (Å²) < 4.78 is 58.8. The fraction of sp³-hybridized carbons (Fsp3) is 0.333. The molecule has 6 nitrogen and oxygen atoms in total. The lowest BCUT2D eigenvalue weighted by Gasteiger charge is -2.31. The van der Waals surface area contributed by atoms with Gasteiger partial charge in [0.05, 0.1) is 0 Å². The monoisotopic (exact) mass is 355 g/mol. The van der Waals surface area contributed by atoms with E-state index in [1.54, 1.807) is 12.3 Å². The van der Waals surface area contributed by atoms with Gasteiger partial charge >= 0.3 is 0 Å². The second kappa shape index (κ2) is 6.78. The van der Waals surface area contributed by atoms with Crippen LogP contribution < -0.4 is 4.74 Å². The SMILES string of the molecule is O=S(=O)(c1cc(F)ccc1F)N1CCC(Oc2ccncn2)CC1. The summed E-state index contributed by atoms with van der Waals surface area (Å²) in [5.41, 5.74) is 0. The third kappa shape index (κ3) is 3.51. The maximum atomic E-state index is 13.8. The Morgan fingerprint density at radius 2 is 1.92 bits per heavy atom. The second-order valence-corrected chi connectivity index (χ2v) is 7.25. The number of aromatic nitrogens is 2. The summed E-state index contributed by atoms with van der Waals surface area (Å²) in [6.07, 6.45) is 3.58. The van der Waals surface area contributed by atoms with E-state index in [0.29, 0.717) is 24.8 Å². The Morgan fingerprint density at radius 3 is 2.58 bits per heavy atom. The summed E-state index contributed by atoms with van der Waals surface area (Å²) in [6.45, 7) is 0.322. The van der Waals surface area contributed by atoms with Crippen LogP contribution in [0.1, 0.15) is 12.8 Å². The Kier molecular flexibility index (Phi) is 4.72. The Labute approximate surface area is 138 Å². The van der Waals surface area contributed by atoms with Gasteiger partial charge in [0.1, 0.15) is 29.0 Å². The maximum Gasteiger partial charge on any atom is 0.246 e. The molecule has 1 aliphatic heterocycles. The molecule has 0 atom stereocenters. The average molecular weight is 355 g/mol. The molecule has 3 rings (SSSR count). The van der Waals surface area contributed by atoms with E-state index in [-0.39, 0.29) is 19.2 Å². The van der Waals surface area contributed by atoms with Crippen LogP contribution in [0.2, 0.25) is 0 Å². The van der Waals surface area contributed by atoms with Crippen LogP contribution in [-0.4, -0.2) is 41.9 Å². The van der Waals surface area contributed by atoms with Crippen LogP contribution in [0.3, 0.4) is 0 Å². The molecule has 1 fully saturated rings. The Bertz CT molecular complexity index is 810. The molecule has 128 valence electrons.